The van der Waals surface area contributed by atoms with Gasteiger partial charge >= 0.3 is 6.18 Å². The molecule has 0 saturated heterocycles. The molecule has 4 nitrogen and oxygen atoms in total. The fourth-order valence-corrected chi connectivity index (χ4v) is 2.61. The van der Waals surface area contributed by atoms with E-state index >= 15 is 0 Å². The second-order valence-corrected chi connectivity index (χ2v) is 8.32. The number of carbonyl (C=O) groups excluding carboxylic acids is 1. The highest BCUT2D eigenvalue weighted by atomic mass is 32.2. The summed E-state index contributed by atoms with van der Waals surface area (Å²) in [5.41, 5.74) is -1.99. The van der Waals surface area contributed by atoms with Crippen LogP contribution in [0.2, 0.25) is 0 Å². The summed E-state index contributed by atoms with van der Waals surface area (Å²) in [5.74, 6) is -1.69. The van der Waals surface area contributed by atoms with Gasteiger partial charge in [0.15, 0.2) is 5.82 Å². The Labute approximate surface area is 141 Å². The normalized spacial score (nSPS) is 15.1. The molecule has 0 bridgehead atoms. The molecule has 2 N–H and O–H groups in total. The first kappa shape index (κ1) is 20.7. The maximum Gasteiger partial charge on any atom is 0.416 e. The Morgan fingerprint density at radius 1 is 1.25 bits per heavy atom. The summed E-state index contributed by atoms with van der Waals surface area (Å²) in [5, 5.41) is 2.05. The summed E-state index contributed by atoms with van der Waals surface area (Å²) in [6.45, 7) is 7.49. The van der Waals surface area contributed by atoms with Crippen molar-refractivity contribution < 1.29 is 26.9 Å². The Morgan fingerprint density at radius 3 is 2.21 bits per heavy atom. The second-order valence-electron chi connectivity index (χ2n) is 6.33. The van der Waals surface area contributed by atoms with E-state index in [0.717, 1.165) is 6.92 Å². The van der Waals surface area contributed by atoms with Crippen LogP contribution in [0, 0.1) is 5.82 Å². The number of alkyl halides is 3. The van der Waals surface area contributed by atoms with E-state index in [1.807, 2.05) is 5.32 Å². The summed E-state index contributed by atoms with van der Waals surface area (Å²) in [4.78, 5) is 11.1. The van der Waals surface area contributed by atoms with E-state index < -0.39 is 51.3 Å². The fourth-order valence-electron chi connectivity index (χ4n) is 1.81. The molecule has 24 heavy (non-hydrogen) atoms. The van der Waals surface area contributed by atoms with Crippen LogP contribution in [0.15, 0.2) is 12.1 Å². The van der Waals surface area contributed by atoms with Crippen molar-refractivity contribution in [2.75, 3.05) is 5.32 Å². The first-order valence-corrected chi connectivity index (χ1v) is 8.24. The highest BCUT2D eigenvalue weighted by Gasteiger charge is 2.35. The van der Waals surface area contributed by atoms with Gasteiger partial charge in [0.25, 0.3) is 0 Å². The summed E-state index contributed by atoms with van der Waals surface area (Å²) in [6.07, 6.45) is -4.71. The first-order valence-electron chi connectivity index (χ1n) is 7.09. The fraction of sp³-hybridized carbons (Fsp3) is 0.533. The number of amides is 1. The van der Waals surface area contributed by atoms with E-state index in [-0.39, 0.29) is 5.56 Å². The molecule has 1 aromatic carbocycles. The molecule has 0 aliphatic carbocycles. The minimum Gasteiger partial charge on any atom is -0.598 e. The van der Waals surface area contributed by atoms with Crippen LogP contribution < -0.4 is 10.0 Å². The van der Waals surface area contributed by atoms with Crippen LogP contribution in [0.25, 0.3) is 0 Å². The van der Waals surface area contributed by atoms with Gasteiger partial charge in [-0.05, 0) is 39.8 Å². The van der Waals surface area contributed by atoms with Gasteiger partial charge in [0.2, 0.25) is 5.91 Å². The maximum atomic E-state index is 14.5. The molecule has 0 aromatic heterocycles. The largest absolute Gasteiger partial charge is 0.598 e. The van der Waals surface area contributed by atoms with Crippen LogP contribution in [0.3, 0.4) is 0 Å². The number of hydrogen-bond acceptors (Lipinski definition) is 3. The van der Waals surface area contributed by atoms with Crippen molar-refractivity contribution in [3.05, 3.63) is 29.1 Å². The minimum absolute atomic E-state index is 0.328. The Hall–Kier alpha value is -1.32. The molecule has 0 spiro atoms. The Balaban J connectivity index is 3.32. The molecule has 9 heteroatoms. The third kappa shape index (κ3) is 5.35. The van der Waals surface area contributed by atoms with Gasteiger partial charge in [0.05, 0.1) is 17.3 Å². The molecule has 1 amide bonds. The Kier molecular flexibility index (Phi) is 6.29. The predicted molar refractivity (Wildman–Crippen MR) is 85.2 cm³/mol. The van der Waals surface area contributed by atoms with Crippen LogP contribution in [0.5, 0.6) is 0 Å². The Morgan fingerprint density at radius 2 is 1.79 bits per heavy atom. The number of halogens is 4. The first-order chi connectivity index (χ1) is 10.7. The number of carbonyl (C=O) groups is 1. The quantitative estimate of drug-likeness (QED) is 0.625. The third-order valence-electron chi connectivity index (χ3n) is 3.05. The van der Waals surface area contributed by atoms with Gasteiger partial charge in [-0.2, -0.15) is 13.2 Å². The molecule has 0 radical (unpaired) electrons. The minimum atomic E-state index is -4.71. The summed E-state index contributed by atoms with van der Waals surface area (Å²) in [6, 6.07) is 0.228. The van der Waals surface area contributed by atoms with Crippen LogP contribution in [-0.2, 0) is 22.3 Å². The van der Waals surface area contributed by atoms with E-state index in [2.05, 4.69) is 4.72 Å². The van der Waals surface area contributed by atoms with Crippen molar-refractivity contribution in [2.24, 2.45) is 0 Å². The molecule has 1 aromatic rings. The van der Waals surface area contributed by atoms with Crippen LogP contribution in [0.4, 0.5) is 23.2 Å². The molecule has 0 fully saturated rings. The maximum absolute atomic E-state index is 14.5. The van der Waals surface area contributed by atoms with Crippen molar-refractivity contribution in [3.8, 4) is 0 Å². The average molecular weight is 368 g/mol. The van der Waals surface area contributed by atoms with E-state index in [9.17, 15) is 26.9 Å². The molecular weight excluding hydrogens is 348 g/mol. The van der Waals surface area contributed by atoms with Crippen LogP contribution >= 0.6 is 0 Å². The van der Waals surface area contributed by atoms with E-state index in [1.54, 1.807) is 20.8 Å². The zero-order valence-corrected chi connectivity index (χ0v) is 14.8. The molecule has 0 heterocycles. The third-order valence-corrected chi connectivity index (χ3v) is 4.73. The topological polar surface area (TPSA) is 64.2 Å². The van der Waals surface area contributed by atoms with Crippen molar-refractivity contribution in [1.82, 2.24) is 4.72 Å². The van der Waals surface area contributed by atoms with Crippen molar-refractivity contribution in [3.63, 3.8) is 0 Å². The molecule has 0 saturated carbocycles. The van der Waals surface area contributed by atoms with Crippen LogP contribution in [-0.4, -0.2) is 15.2 Å². The van der Waals surface area contributed by atoms with Crippen molar-refractivity contribution >= 4 is 23.0 Å². The monoisotopic (exact) mass is 368 g/mol. The zero-order valence-electron chi connectivity index (χ0n) is 14.0. The van der Waals surface area contributed by atoms with Crippen molar-refractivity contribution in [1.29, 1.82) is 0 Å². The van der Waals surface area contributed by atoms with E-state index in [4.69, 9.17) is 0 Å². The average Bonchev–Trinajstić information content (AvgIpc) is 2.37. The molecule has 0 aliphatic heterocycles. The molecular formula is C15H20F4N2O2S. The molecule has 1 rings (SSSR count). The Bertz CT molecular complexity index is 615. The standard InChI is InChI=1S/C15H20F4N2O2S/c1-8(21-24(23)14(3,4)5)11-6-10(15(17,18)19)7-12(13(11)16)20-9(2)22/h6-8,21H,1-5H3,(H,20,22)/t8-,24?/m1/s1. The number of benzene rings is 1. The smallest absolute Gasteiger partial charge is 0.416 e. The highest BCUT2D eigenvalue weighted by Crippen LogP contribution is 2.35. The van der Waals surface area contributed by atoms with Crippen molar-refractivity contribution in [2.45, 2.75) is 51.6 Å². The molecule has 1 unspecified atom stereocenters. The second kappa shape index (κ2) is 7.28. The zero-order chi connectivity index (χ0) is 18.9. The van der Waals surface area contributed by atoms with Gasteiger partial charge in [-0.15, -0.1) is 4.72 Å². The summed E-state index contributed by atoms with van der Waals surface area (Å²) >= 11 is -1.61. The number of nitrogens with one attached hydrogen (secondary N) is 2. The highest BCUT2D eigenvalue weighted by molar-refractivity contribution is 7.90. The van der Waals surface area contributed by atoms with E-state index in [0.29, 0.717) is 12.1 Å². The lowest BCUT2D eigenvalue weighted by Gasteiger charge is -2.27. The van der Waals surface area contributed by atoms with Gasteiger partial charge < -0.3 is 9.87 Å². The summed E-state index contributed by atoms with van der Waals surface area (Å²) in [7, 11) is 0. The number of hydrogen-bond donors (Lipinski definition) is 2. The number of rotatable bonds is 4. The van der Waals surface area contributed by atoms with Gasteiger partial charge in [-0.25, -0.2) is 4.39 Å². The molecule has 136 valence electrons. The van der Waals surface area contributed by atoms with Gasteiger partial charge in [0.1, 0.15) is 4.75 Å². The lowest BCUT2D eigenvalue weighted by molar-refractivity contribution is -0.137. The SMILES string of the molecule is CC(=O)Nc1cc(C(F)(F)F)cc([C@@H](C)N[S+]([O-])C(C)(C)C)c1F. The van der Waals surface area contributed by atoms with Gasteiger partial charge in [-0.3, -0.25) is 4.79 Å². The van der Waals surface area contributed by atoms with E-state index in [1.165, 1.54) is 6.92 Å². The van der Waals surface area contributed by atoms with Gasteiger partial charge in [-0.1, -0.05) is 0 Å². The van der Waals surface area contributed by atoms with Crippen LogP contribution in [0.1, 0.15) is 51.8 Å². The lowest BCUT2D eigenvalue weighted by atomic mass is 10.0. The molecule has 2 atom stereocenters. The predicted octanol–water partition coefficient (Wildman–Crippen LogP) is 3.92. The number of anilines is 1. The summed E-state index contributed by atoms with van der Waals surface area (Å²) < 4.78 is 67.5. The molecule has 0 aliphatic rings. The van der Waals surface area contributed by atoms with Gasteiger partial charge in [0, 0.05) is 23.8 Å². The lowest BCUT2D eigenvalue weighted by Crippen LogP contribution is -2.40.